The van der Waals surface area contributed by atoms with E-state index in [0.29, 0.717) is 18.1 Å². The minimum Gasteiger partial charge on any atom is -0.364 e. The molecule has 0 atom stereocenters. The lowest BCUT2D eigenvalue weighted by molar-refractivity contribution is 0.0991. The highest BCUT2D eigenvalue weighted by atomic mass is 16.1. The second-order valence-corrected chi connectivity index (χ2v) is 4.35. The maximum Gasteiger partial charge on any atom is 0.267 e. The number of carbonyl (C=O) groups excluding carboxylic acids is 1. The number of rotatable bonds is 5. The Morgan fingerprint density at radius 3 is 2.84 bits per heavy atom. The standard InChI is InChI=1S/C12H18N6O/c1-4-18-10(8(2)6-15-18)7-14-11-5-9(12(13)19)17(3)16-11/h5-6H,4,7H2,1-3H3,(H2,13,19)(H,14,16). The van der Waals surface area contributed by atoms with Crippen LogP contribution in [-0.2, 0) is 20.1 Å². The molecule has 2 aromatic rings. The van der Waals surface area contributed by atoms with Gasteiger partial charge in [-0.05, 0) is 19.4 Å². The summed E-state index contributed by atoms with van der Waals surface area (Å²) in [5.74, 6) is 0.136. The topological polar surface area (TPSA) is 90.8 Å². The van der Waals surface area contributed by atoms with Crippen molar-refractivity contribution in [1.82, 2.24) is 19.6 Å². The molecule has 19 heavy (non-hydrogen) atoms. The second-order valence-electron chi connectivity index (χ2n) is 4.35. The van der Waals surface area contributed by atoms with Gasteiger partial charge in [-0.1, -0.05) is 0 Å². The number of nitrogens with two attached hydrogens (primary N) is 1. The molecule has 0 aliphatic carbocycles. The van der Waals surface area contributed by atoms with Crippen LogP contribution in [0.2, 0.25) is 0 Å². The highest BCUT2D eigenvalue weighted by Crippen LogP contribution is 2.12. The van der Waals surface area contributed by atoms with Crippen molar-refractivity contribution in [2.75, 3.05) is 5.32 Å². The van der Waals surface area contributed by atoms with Gasteiger partial charge in [-0.3, -0.25) is 14.2 Å². The van der Waals surface area contributed by atoms with E-state index in [1.807, 2.05) is 24.7 Å². The minimum atomic E-state index is -0.488. The van der Waals surface area contributed by atoms with E-state index in [4.69, 9.17) is 5.73 Å². The van der Waals surface area contributed by atoms with E-state index in [-0.39, 0.29) is 0 Å². The van der Waals surface area contributed by atoms with Crippen LogP contribution in [0.25, 0.3) is 0 Å². The molecular weight excluding hydrogens is 244 g/mol. The smallest absolute Gasteiger partial charge is 0.267 e. The van der Waals surface area contributed by atoms with E-state index >= 15 is 0 Å². The van der Waals surface area contributed by atoms with Gasteiger partial charge in [-0.2, -0.15) is 10.2 Å². The van der Waals surface area contributed by atoms with Crippen LogP contribution in [0.5, 0.6) is 0 Å². The van der Waals surface area contributed by atoms with Crippen molar-refractivity contribution in [3.8, 4) is 0 Å². The fraction of sp³-hybridized carbons (Fsp3) is 0.417. The number of nitrogens with zero attached hydrogens (tertiary/aromatic N) is 4. The number of hydrogen-bond donors (Lipinski definition) is 2. The Labute approximate surface area is 111 Å². The summed E-state index contributed by atoms with van der Waals surface area (Å²) in [4.78, 5) is 11.1. The predicted molar refractivity (Wildman–Crippen MR) is 71.7 cm³/mol. The second kappa shape index (κ2) is 5.13. The van der Waals surface area contributed by atoms with Crippen LogP contribution >= 0.6 is 0 Å². The maximum absolute atomic E-state index is 11.1. The Balaban J connectivity index is 2.12. The van der Waals surface area contributed by atoms with Crippen LogP contribution in [0.3, 0.4) is 0 Å². The van der Waals surface area contributed by atoms with Crippen LogP contribution in [0.4, 0.5) is 5.82 Å². The number of nitrogens with one attached hydrogen (secondary N) is 1. The molecule has 7 nitrogen and oxygen atoms in total. The van der Waals surface area contributed by atoms with Crippen molar-refractivity contribution >= 4 is 11.7 Å². The number of anilines is 1. The third-order valence-corrected chi connectivity index (χ3v) is 3.03. The molecular formula is C12H18N6O. The Kier molecular flexibility index (Phi) is 3.55. The zero-order valence-electron chi connectivity index (χ0n) is 11.3. The van der Waals surface area contributed by atoms with Crippen LogP contribution < -0.4 is 11.1 Å². The number of amides is 1. The molecule has 1 amide bonds. The van der Waals surface area contributed by atoms with Gasteiger partial charge in [0.1, 0.15) is 11.5 Å². The van der Waals surface area contributed by atoms with E-state index in [1.54, 1.807) is 13.1 Å². The van der Waals surface area contributed by atoms with Crippen molar-refractivity contribution < 1.29 is 4.79 Å². The molecule has 0 fully saturated rings. The Morgan fingerprint density at radius 2 is 2.26 bits per heavy atom. The van der Waals surface area contributed by atoms with Crippen LogP contribution in [0.1, 0.15) is 28.7 Å². The Bertz CT molecular complexity index is 597. The number of carbonyl (C=O) groups is 1. The third kappa shape index (κ3) is 2.59. The van der Waals surface area contributed by atoms with Gasteiger partial charge in [0.15, 0.2) is 0 Å². The Hall–Kier alpha value is -2.31. The molecule has 0 bridgehead atoms. The summed E-state index contributed by atoms with van der Waals surface area (Å²) in [5, 5.41) is 11.6. The van der Waals surface area contributed by atoms with Gasteiger partial charge in [-0.25, -0.2) is 0 Å². The first-order valence-corrected chi connectivity index (χ1v) is 6.12. The van der Waals surface area contributed by atoms with Gasteiger partial charge in [0.2, 0.25) is 0 Å². The van der Waals surface area contributed by atoms with Gasteiger partial charge < -0.3 is 11.1 Å². The fourth-order valence-electron chi connectivity index (χ4n) is 1.97. The lowest BCUT2D eigenvalue weighted by Crippen LogP contribution is -2.15. The van der Waals surface area contributed by atoms with E-state index < -0.39 is 5.91 Å². The van der Waals surface area contributed by atoms with Gasteiger partial charge in [0, 0.05) is 19.7 Å². The van der Waals surface area contributed by atoms with Crippen LogP contribution in [-0.4, -0.2) is 25.5 Å². The zero-order valence-corrected chi connectivity index (χ0v) is 11.3. The third-order valence-electron chi connectivity index (χ3n) is 3.03. The van der Waals surface area contributed by atoms with Crippen LogP contribution in [0, 0.1) is 6.92 Å². The molecule has 102 valence electrons. The number of hydrogen-bond acceptors (Lipinski definition) is 4. The quantitative estimate of drug-likeness (QED) is 0.828. The van der Waals surface area contributed by atoms with E-state index in [2.05, 4.69) is 15.5 Å². The summed E-state index contributed by atoms with van der Waals surface area (Å²) < 4.78 is 3.40. The van der Waals surface area contributed by atoms with Gasteiger partial charge in [-0.15, -0.1) is 0 Å². The SMILES string of the molecule is CCn1ncc(C)c1CNc1cc(C(N)=O)n(C)n1. The molecule has 0 aliphatic heterocycles. The molecule has 0 aromatic carbocycles. The largest absolute Gasteiger partial charge is 0.364 e. The minimum absolute atomic E-state index is 0.378. The highest BCUT2D eigenvalue weighted by Gasteiger charge is 2.11. The maximum atomic E-state index is 11.1. The fourth-order valence-corrected chi connectivity index (χ4v) is 1.97. The normalized spacial score (nSPS) is 10.7. The summed E-state index contributed by atoms with van der Waals surface area (Å²) in [6.07, 6.45) is 1.84. The highest BCUT2D eigenvalue weighted by molar-refractivity contribution is 5.91. The van der Waals surface area contributed by atoms with Crippen molar-refractivity contribution in [2.45, 2.75) is 26.9 Å². The van der Waals surface area contributed by atoms with E-state index in [0.717, 1.165) is 17.8 Å². The first-order chi connectivity index (χ1) is 9.02. The van der Waals surface area contributed by atoms with E-state index in [9.17, 15) is 4.79 Å². The van der Waals surface area contributed by atoms with Gasteiger partial charge >= 0.3 is 0 Å². The molecule has 0 saturated carbocycles. The summed E-state index contributed by atoms with van der Waals surface area (Å²) in [5.41, 5.74) is 7.86. The molecule has 0 saturated heterocycles. The molecule has 0 unspecified atom stereocenters. The number of primary amides is 1. The zero-order chi connectivity index (χ0) is 14.0. The molecule has 2 heterocycles. The van der Waals surface area contributed by atoms with E-state index in [1.165, 1.54) is 4.68 Å². The van der Waals surface area contributed by atoms with Crippen molar-refractivity contribution in [1.29, 1.82) is 0 Å². The average molecular weight is 262 g/mol. The first kappa shape index (κ1) is 13.1. The summed E-state index contributed by atoms with van der Waals surface area (Å²) in [6, 6.07) is 1.64. The van der Waals surface area contributed by atoms with Crippen molar-refractivity contribution in [3.63, 3.8) is 0 Å². The number of aryl methyl sites for hydroxylation is 3. The van der Waals surface area contributed by atoms with Crippen molar-refractivity contribution in [3.05, 3.63) is 29.2 Å². The first-order valence-electron chi connectivity index (χ1n) is 6.12. The Morgan fingerprint density at radius 1 is 1.53 bits per heavy atom. The molecule has 2 rings (SSSR count). The molecule has 2 aromatic heterocycles. The molecule has 3 N–H and O–H groups in total. The average Bonchev–Trinajstić information content (AvgIpc) is 2.90. The summed E-state index contributed by atoms with van der Waals surface area (Å²) in [7, 11) is 1.69. The van der Waals surface area contributed by atoms with Crippen LogP contribution in [0.15, 0.2) is 12.3 Å². The van der Waals surface area contributed by atoms with Gasteiger partial charge in [0.05, 0.1) is 18.4 Å². The molecule has 0 radical (unpaired) electrons. The van der Waals surface area contributed by atoms with Gasteiger partial charge in [0.25, 0.3) is 5.91 Å². The molecule has 0 aliphatic rings. The molecule has 7 heteroatoms. The number of aromatic nitrogens is 4. The van der Waals surface area contributed by atoms with Crippen molar-refractivity contribution in [2.24, 2.45) is 12.8 Å². The lowest BCUT2D eigenvalue weighted by atomic mass is 10.2. The lowest BCUT2D eigenvalue weighted by Gasteiger charge is -2.07. The summed E-state index contributed by atoms with van der Waals surface area (Å²) >= 11 is 0. The monoisotopic (exact) mass is 262 g/mol. The molecule has 0 spiro atoms. The predicted octanol–water partition coefficient (Wildman–Crippen LogP) is 0.656. The summed E-state index contributed by atoms with van der Waals surface area (Å²) in [6.45, 7) is 5.49.